The SMILES string of the molecule is O=C(O)CCc1cn(CCc2ccc(F)cc2)cn1. The van der Waals surface area contributed by atoms with Crippen LogP contribution < -0.4 is 0 Å². The smallest absolute Gasteiger partial charge is 0.303 e. The molecule has 0 unspecified atom stereocenters. The van der Waals surface area contributed by atoms with Gasteiger partial charge < -0.3 is 9.67 Å². The van der Waals surface area contributed by atoms with Gasteiger partial charge in [0.15, 0.2) is 0 Å². The van der Waals surface area contributed by atoms with Crippen molar-refractivity contribution < 1.29 is 14.3 Å². The lowest BCUT2D eigenvalue weighted by Gasteiger charge is -2.02. The Labute approximate surface area is 110 Å². The largest absolute Gasteiger partial charge is 0.481 e. The molecule has 19 heavy (non-hydrogen) atoms. The number of hydrogen-bond donors (Lipinski definition) is 1. The van der Waals surface area contributed by atoms with Crippen molar-refractivity contribution in [2.75, 3.05) is 0 Å². The molecule has 0 bridgehead atoms. The van der Waals surface area contributed by atoms with Crippen molar-refractivity contribution in [1.29, 1.82) is 0 Å². The van der Waals surface area contributed by atoms with Gasteiger partial charge in [-0.1, -0.05) is 12.1 Å². The molecular formula is C14H15FN2O2. The number of hydrogen-bond acceptors (Lipinski definition) is 2. The lowest BCUT2D eigenvalue weighted by molar-refractivity contribution is -0.136. The zero-order chi connectivity index (χ0) is 13.7. The average Bonchev–Trinajstić information content (AvgIpc) is 2.84. The molecule has 0 atom stereocenters. The van der Waals surface area contributed by atoms with E-state index in [-0.39, 0.29) is 12.2 Å². The second-order valence-electron chi connectivity index (χ2n) is 4.37. The summed E-state index contributed by atoms with van der Waals surface area (Å²) in [5.41, 5.74) is 1.84. The van der Waals surface area contributed by atoms with Gasteiger partial charge in [0.05, 0.1) is 18.4 Å². The van der Waals surface area contributed by atoms with Gasteiger partial charge in [0.2, 0.25) is 0 Å². The van der Waals surface area contributed by atoms with Gasteiger partial charge in [-0.2, -0.15) is 0 Å². The molecule has 2 rings (SSSR count). The summed E-state index contributed by atoms with van der Waals surface area (Å²) in [7, 11) is 0. The molecule has 0 aliphatic heterocycles. The standard InChI is InChI=1S/C14H15FN2O2/c15-12-3-1-11(2-4-12)7-8-17-9-13(16-10-17)5-6-14(18)19/h1-4,9-10H,5-8H2,(H,18,19). The first-order valence-electron chi connectivity index (χ1n) is 6.10. The Bertz CT molecular complexity index is 549. The molecule has 2 aromatic rings. The number of rotatable bonds is 6. The van der Waals surface area contributed by atoms with Gasteiger partial charge in [0.1, 0.15) is 5.82 Å². The maximum atomic E-state index is 12.7. The Balaban J connectivity index is 1.86. The fourth-order valence-electron chi connectivity index (χ4n) is 1.80. The third-order valence-corrected chi connectivity index (χ3v) is 2.85. The topological polar surface area (TPSA) is 55.1 Å². The molecule has 0 spiro atoms. The summed E-state index contributed by atoms with van der Waals surface area (Å²) in [6, 6.07) is 6.41. The Hall–Kier alpha value is -2.17. The van der Waals surface area contributed by atoms with E-state index in [1.807, 2.05) is 10.8 Å². The lowest BCUT2D eigenvalue weighted by Crippen LogP contribution is -1.99. The normalized spacial score (nSPS) is 10.6. The van der Waals surface area contributed by atoms with E-state index in [4.69, 9.17) is 5.11 Å². The highest BCUT2D eigenvalue weighted by Gasteiger charge is 2.03. The number of imidazole rings is 1. The van der Waals surface area contributed by atoms with E-state index in [1.165, 1.54) is 12.1 Å². The van der Waals surface area contributed by atoms with Crippen molar-refractivity contribution in [3.63, 3.8) is 0 Å². The highest BCUT2D eigenvalue weighted by molar-refractivity contribution is 5.66. The van der Waals surface area contributed by atoms with Gasteiger partial charge in [0, 0.05) is 19.2 Å². The van der Waals surface area contributed by atoms with E-state index in [1.54, 1.807) is 18.5 Å². The Morgan fingerprint density at radius 3 is 2.68 bits per heavy atom. The molecule has 0 fully saturated rings. The van der Waals surface area contributed by atoms with Crippen LogP contribution in [0.3, 0.4) is 0 Å². The Morgan fingerprint density at radius 2 is 2.00 bits per heavy atom. The van der Waals surface area contributed by atoms with Crippen molar-refractivity contribution in [1.82, 2.24) is 9.55 Å². The van der Waals surface area contributed by atoms with Crippen LogP contribution in [0.5, 0.6) is 0 Å². The van der Waals surface area contributed by atoms with Crippen LogP contribution in [0.15, 0.2) is 36.8 Å². The Kier molecular flexibility index (Phi) is 4.28. The van der Waals surface area contributed by atoms with Gasteiger partial charge in [-0.05, 0) is 24.1 Å². The lowest BCUT2D eigenvalue weighted by atomic mass is 10.1. The number of aromatic nitrogens is 2. The molecule has 1 aromatic carbocycles. The monoisotopic (exact) mass is 262 g/mol. The van der Waals surface area contributed by atoms with Crippen LogP contribution in [0.2, 0.25) is 0 Å². The van der Waals surface area contributed by atoms with Gasteiger partial charge in [-0.15, -0.1) is 0 Å². The molecule has 1 aromatic heterocycles. The van der Waals surface area contributed by atoms with Crippen LogP contribution in [0.1, 0.15) is 17.7 Å². The summed E-state index contributed by atoms with van der Waals surface area (Å²) in [6.45, 7) is 0.742. The van der Waals surface area contributed by atoms with Crippen molar-refractivity contribution in [3.05, 3.63) is 53.9 Å². The third kappa shape index (κ3) is 4.21. The highest BCUT2D eigenvalue weighted by atomic mass is 19.1. The minimum Gasteiger partial charge on any atom is -0.481 e. The van der Waals surface area contributed by atoms with Crippen molar-refractivity contribution >= 4 is 5.97 Å². The summed E-state index contributed by atoms with van der Waals surface area (Å²) in [4.78, 5) is 14.6. The molecule has 1 N–H and O–H groups in total. The second-order valence-corrected chi connectivity index (χ2v) is 4.37. The number of carboxylic acids is 1. The number of aliphatic carboxylic acids is 1. The second kappa shape index (κ2) is 6.13. The van der Waals surface area contributed by atoms with Crippen LogP contribution >= 0.6 is 0 Å². The predicted octanol–water partition coefficient (Wildman–Crippen LogP) is 2.28. The zero-order valence-electron chi connectivity index (χ0n) is 10.4. The number of carbonyl (C=O) groups is 1. The Morgan fingerprint density at radius 1 is 1.26 bits per heavy atom. The van der Waals surface area contributed by atoms with E-state index >= 15 is 0 Å². The number of carboxylic acid groups (broad SMARTS) is 1. The van der Waals surface area contributed by atoms with E-state index in [0.29, 0.717) is 6.42 Å². The first kappa shape index (κ1) is 13.3. The van der Waals surface area contributed by atoms with Crippen molar-refractivity contribution in [2.45, 2.75) is 25.8 Å². The fourth-order valence-corrected chi connectivity index (χ4v) is 1.80. The van der Waals surface area contributed by atoms with Gasteiger partial charge in [0.25, 0.3) is 0 Å². The molecule has 0 amide bonds. The maximum absolute atomic E-state index is 12.7. The minimum atomic E-state index is -0.819. The molecule has 100 valence electrons. The van der Waals surface area contributed by atoms with Crippen LogP contribution in [-0.2, 0) is 24.2 Å². The van der Waals surface area contributed by atoms with Crippen LogP contribution in [0.25, 0.3) is 0 Å². The third-order valence-electron chi connectivity index (χ3n) is 2.85. The van der Waals surface area contributed by atoms with Crippen LogP contribution in [0, 0.1) is 5.82 Å². The van der Waals surface area contributed by atoms with Gasteiger partial charge in [-0.25, -0.2) is 9.37 Å². The summed E-state index contributed by atoms with van der Waals surface area (Å²) in [6.07, 6.45) is 4.87. The summed E-state index contributed by atoms with van der Waals surface area (Å²) < 4.78 is 14.7. The van der Waals surface area contributed by atoms with Gasteiger partial charge in [-0.3, -0.25) is 4.79 Å². The number of aryl methyl sites for hydroxylation is 3. The number of benzene rings is 1. The molecule has 4 nitrogen and oxygen atoms in total. The fraction of sp³-hybridized carbons (Fsp3) is 0.286. The number of halogens is 1. The molecular weight excluding hydrogens is 247 g/mol. The summed E-state index contributed by atoms with van der Waals surface area (Å²) >= 11 is 0. The van der Waals surface area contributed by atoms with E-state index in [0.717, 1.165) is 24.2 Å². The van der Waals surface area contributed by atoms with Gasteiger partial charge >= 0.3 is 5.97 Å². The van der Waals surface area contributed by atoms with E-state index < -0.39 is 5.97 Å². The minimum absolute atomic E-state index is 0.0922. The molecule has 0 radical (unpaired) electrons. The maximum Gasteiger partial charge on any atom is 0.303 e. The first-order chi connectivity index (χ1) is 9.13. The molecule has 0 saturated heterocycles. The van der Waals surface area contributed by atoms with Crippen molar-refractivity contribution in [2.24, 2.45) is 0 Å². The van der Waals surface area contributed by atoms with E-state index in [9.17, 15) is 9.18 Å². The average molecular weight is 262 g/mol. The number of nitrogens with zero attached hydrogens (tertiary/aromatic N) is 2. The predicted molar refractivity (Wildman–Crippen MR) is 68.3 cm³/mol. The molecule has 0 aliphatic carbocycles. The summed E-state index contributed by atoms with van der Waals surface area (Å²) in [5, 5.41) is 8.59. The summed E-state index contributed by atoms with van der Waals surface area (Å²) in [5.74, 6) is -1.05. The zero-order valence-corrected chi connectivity index (χ0v) is 10.4. The van der Waals surface area contributed by atoms with Crippen LogP contribution in [-0.4, -0.2) is 20.6 Å². The highest BCUT2D eigenvalue weighted by Crippen LogP contribution is 2.06. The van der Waals surface area contributed by atoms with Crippen molar-refractivity contribution in [3.8, 4) is 0 Å². The first-order valence-corrected chi connectivity index (χ1v) is 6.10. The molecule has 0 saturated carbocycles. The van der Waals surface area contributed by atoms with Crippen LogP contribution in [0.4, 0.5) is 4.39 Å². The van der Waals surface area contributed by atoms with E-state index in [2.05, 4.69) is 4.98 Å². The molecule has 1 heterocycles. The quantitative estimate of drug-likeness (QED) is 0.869. The molecule has 0 aliphatic rings. The molecule has 5 heteroatoms.